The van der Waals surface area contributed by atoms with Crippen molar-refractivity contribution in [2.24, 2.45) is 0 Å². The highest BCUT2D eigenvalue weighted by Crippen LogP contribution is 2.42. The van der Waals surface area contributed by atoms with Crippen LogP contribution in [0.25, 0.3) is 0 Å². The molecule has 2 aromatic carbocycles. The summed E-state index contributed by atoms with van der Waals surface area (Å²) in [6.45, 7) is 2.02. The second-order valence-corrected chi connectivity index (χ2v) is 7.75. The number of fused-ring (bicyclic) bond motifs is 1. The molecule has 158 valence electrons. The molecule has 1 atom stereocenters. The van der Waals surface area contributed by atoms with Gasteiger partial charge in [-0.2, -0.15) is 0 Å². The molecule has 7 heteroatoms. The average molecular weight is 413 g/mol. The topological polar surface area (TPSA) is 73.9 Å². The molecule has 0 saturated heterocycles. The van der Waals surface area contributed by atoms with Crippen molar-refractivity contribution < 1.29 is 28.2 Å². The molecule has 0 unspecified atom stereocenters. The van der Waals surface area contributed by atoms with Gasteiger partial charge in [0.2, 0.25) is 6.79 Å². The monoisotopic (exact) mass is 413 g/mol. The predicted octanol–water partition coefficient (Wildman–Crippen LogP) is 3.61. The Labute approximate surface area is 174 Å². The lowest BCUT2D eigenvalue weighted by molar-refractivity contribution is -0.160. The van der Waals surface area contributed by atoms with Gasteiger partial charge in [0.05, 0.1) is 5.41 Å². The Hall–Kier alpha value is -3.09. The van der Waals surface area contributed by atoms with E-state index >= 15 is 0 Å². The summed E-state index contributed by atoms with van der Waals surface area (Å²) in [5, 5.41) is 2.78. The smallest absolute Gasteiger partial charge is 0.317 e. The number of hydrogen-bond donors (Lipinski definition) is 1. The molecular weight excluding hydrogens is 389 g/mol. The van der Waals surface area contributed by atoms with E-state index in [0.717, 1.165) is 24.0 Å². The van der Waals surface area contributed by atoms with Gasteiger partial charge in [0.25, 0.3) is 5.91 Å². The van der Waals surface area contributed by atoms with Gasteiger partial charge in [-0.05, 0) is 55.2 Å². The fourth-order valence-electron chi connectivity index (χ4n) is 4.07. The predicted molar refractivity (Wildman–Crippen MR) is 107 cm³/mol. The van der Waals surface area contributed by atoms with Crippen molar-refractivity contribution in [2.45, 2.75) is 50.7 Å². The Bertz CT molecular complexity index is 937. The molecule has 0 radical (unpaired) electrons. The number of ether oxygens (including phenoxy) is 3. The summed E-state index contributed by atoms with van der Waals surface area (Å²) in [7, 11) is 0. The summed E-state index contributed by atoms with van der Waals surface area (Å²) in [5.74, 6) is 0.154. The summed E-state index contributed by atoms with van der Waals surface area (Å²) >= 11 is 0. The quantitative estimate of drug-likeness (QED) is 0.733. The summed E-state index contributed by atoms with van der Waals surface area (Å²) in [5.41, 5.74) is 0.767. The zero-order valence-electron chi connectivity index (χ0n) is 16.8. The highest BCUT2D eigenvalue weighted by atomic mass is 19.1. The van der Waals surface area contributed by atoms with Crippen LogP contribution in [0, 0.1) is 5.82 Å². The Morgan fingerprint density at radius 2 is 1.80 bits per heavy atom. The van der Waals surface area contributed by atoms with E-state index in [1.807, 2.05) is 6.07 Å². The molecule has 1 heterocycles. The van der Waals surface area contributed by atoms with E-state index in [9.17, 15) is 14.0 Å². The van der Waals surface area contributed by atoms with Crippen LogP contribution in [0.2, 0.25) is 0 Å². The van der Waals surface area contributed by atoms with Crippen molar-refractivity contribution in [3.05, 3.63) is 59.4 Å². The van der Waals surface area contributed by atoms with Crippen molar-refractivity contribution in [2.75, 3.05) is 6.79 Å². The molecule has 1 saturated carbocycles. The Balaban J connectivity index is 1.38. The van der Waals surface area contributed by atoms with Crippen LogP contribution in [0.4, 0.5) is 4.39 Å². The fourth-order valence-corrected chi connectivity index (χ4v) is 4.07. The number of halogens is 1. The first kappa shape index (κ1) is 20.2. The summed E-state index contributed by atoms with van der Waals surface area (Å²) in [6.07, 6.45) is 2.09. The third-order valence-electron chi connectivity index (χ3n) is 5.80. The zero-order chi connectivity index (χ0) is 21.1. The van der Waals surface area contributed by atoms with Crippen molar-refractivity contribution >= 4 is 11.9 Å². The minimum absolute atomic E-state index is 0.188. The fraction of sp³-hybridized carbons (Fsp3) is 0.391. The van der Waals surface area contributed by atoms with E-state index in [1.165, 1.54) is 12.1 Å². The second kappa shape index (κ2) is 8.34. The van der Waals surface area contributed by atoms with Gasteiger partial charge in [-0.25, -0.2) is 4.39 Å². The maximum Gasteiger partial charge on any atom is 0.317 e. The normalized spacial score (nSPS) is 17.4. The first-order valence-electron chi connectivity index (χ1n) is 10.1. The van der Waals surface area contributed by atoms with Crippen molar-refractivity contribution in [3.8, 4) is 11.5 Å². The van der Waals surface area contributed by atoms with Crippen LogP contribution in [0.5, 0.6) is 11.5 Å². The van der Waals surface area contributed by atoms with Gasteiger partial charge in [-0.3, -0.25) is 9.59 Å². The lowest BCUT2D eigenvalue weighted by Gasteiger charge is -2.28. The Morgan fingerprint density at radius 1 is 1.10 bits per heavy atom. The summed E-state index contributed by atoms with van der Waals surface area (Å²) < 4.78 is 29.5. The Kier molecular flexibility index (Phi) is 5.61. The molecule has 1 aliphatic carbocycles. The van der Waals surface area contributed by atoms with Crippen LogP contribution >= 0.6 is 0 Å². The first-order valence-corrected chi connectivity index (χ1v) is 10.1. The van der Waals surface area contributed by atoms with Gasteiger partial charge >= 0.3 is 5.97 Å². The molecule has 1 aliphatic heterocycles. The molecule has 2 aromatic rings. The minimum Gasteiger partial charge on any atom is -0.454 e. The standard InChI is InChI=1S/C23H24FNO5/c1-15(21(26)25-13-16-4-9-19-20(12-16)29-14-28-19)30-22(27)23(10-2-3-11-23)17-5-7-18(24)8-6-17/h4-9,12,15H,2-3,10-11,13-14H2,1H3,(H,25,26)/t15-/m0/s1. The van der Waals surface area contributed by atoms with Crippen LogP contribution in [0.1, 0.15) is 43.7 Å². The first-order chi connectivity index (χ1) is 14.5. The zero-order valence-corrected chi connectivity index (χ0v) is 16.8. The number of benzene rings is 2. The molecule has 0 spiro atoms. The molecular formula is C23H24FNO5. The SMILES string of the molecule is C[C@H](OC(=O)C1(c2ccc(F)cc2)CCCC1)C(=O)NCc1ccc2c(c1)OCO2. The maximum atomic E-state index is 13.3. The maximum absolute atomic E-state index is 13.3. The highest BCUT2D eigenvalue weighted by molar-refractivity contribution is 5.88. The molecule has 4 rings (SSSR count). The summed E-state index contributed by atoms with van der Waals surface area (Å²) in [4.78, 5) is 25.5. The van der Waals surface area contributed by atoms with Crippen LogP contribution in [-0.4, -0.2) is 24.8 Å². The van der Waals surface area contributed by atoms with E-state index in [2.05, 4.69) is 5.32 Å². The lowest BCUT2D eigenvalue weighted by atomic mass is 9.79. The van der Waals surface area contributed by atoms with Crippen LogP contribution in [0.15, 0.2) is 42.5 Å². The van der Waals surface area contributed by atoms with Gasteiger partial charge < -0.3 is 19.5 Å². The molecule has 1 amide bonds. The molecule has 0 aromatic heterocycles. The van der Waals surface area contributed by atoms with Crippen molar-refractivity contribution in [1.29, 1.82) is 0 Å². The number of rotatable bonds is 6. The number of amides is 1. The minimum atomic E-state index is -0.940. The van der Waals surface area contributed by atoms with Gasteiger partial charge in [0, 0.05) is 6.54 Å². The van der Waals surface area contributed by atoms with Gasteiger partial charge in [0.1, 0.15) is 5.82 Å². The number of nitrogens with one attached hydrogen (secondary N) is 1. The van der Waals surface area contributed by atoms with Crippen molar-refractivity contribution in [3.63, 3.8) is 0 Å². The van der Waals surface area contributed by atoms with E-state index < -0.39 is 17.5 Å². The number of esters is 1. The van der Waals surface area contributed by atoms with Gasteiger partial charge in [-0.1, -0.05) is 31.0 Å². The van der Waals surface area contributed by atoms with Crippen molar-refractivity contribution in [1.82, 2.24) is 5.32 Å². The second-order valence-electron chi connectivity index (χ2n) is 7.75. The van der Waals surface area contributed by atoms with Gasteiger partial charge in [0.15, 0.2) is 17.6 Å². The van der Waals surface area contributed by atoms with Crippen LogP contribution in [-0.2, 0) is 26.3 Å². The van der Waals surface area contributed by atoms with Gasteiger partial charge in [-0.15, -0.1) is 0 Å². The summed E-state index contributed by atoms with van der Waals surface area (Å²) in [6, 6.07) is 11.4. The number of carbonyl (C=O) groups is 2. The van der Waals surface area contributed by atoms with Crippen LogP contribution < -0.4 is 14.8 Å². The average Bonchev–Trinajstić information content (AvgIpc) is 3.42. The molecule has 6 nitrogen and oxygen atoms in total. The lowest BCUT2D eigenvalue weighted by Crippen LogP contribution is -2.41. The van der Waals surface area contributed by atoms with E-state index in [4.69, 9.17) is 14.2 Å². The van der Waals surface area contributed by atoms with E-state index in [0.29, 0.717) is 24.3 Å². The molecule has 2 aliphatic rings. The largest absolute Gasteiger partial charge is 0.454 e. The Morgan fingerprint density at radius 3 is 2.53 bits per heavy atom. The molecule has 0 bridgehead atoms. The molecule has 1 N–H and O–H groups in total. The third-order valence-corrected chi connectivity index (χ3v) is 5.80. The number of hydrogen-bond acceptors (Lipinski definition) is 5. The molecule has 1 fully saturated rings. The van der Waals surface area contributed by atoms with E-state index in [-0.39, 0.29) is 25.1 Å². The highest BCUT2D eigenvalue weighted by Gasteiger charge is 2.45. The molecule has 30 heavy (non-hydrogen) atoms. The van der Waals surface area contributed by atoms with E-state index in [1.54, 1.807) is 31.2 Å². The van der Waals surface area contributed by atoms with Crippen LogP contribution in [0.3, 0.4) is 0 Å². The number of carbonyl (C=O) groups excluding carboxylic acids is 2. The third kappa shape index (κ3) is 3.97.